The van der Waals surface area contributed by atoms with Crippen molar-refractivity contribution in [1.29, 1.82) is 0 Å². The maximum atomic E-state index is 13.0. The molecule has 1 heterocycles. The standard InChI is InChI=1S/C13H9Cl2FN2OS/c14-8-1-4-13(17-6-8)20-7-12(19)18-9-2-3-11(16)10(15)5-9/h1-6H,7H2,(H,18,19). The van der Waals surface area contributed by atoms with Gasteiger partial charge in [0.1, 0.15) is 5.82 Å². The second kappa shape index (κ2) is 6.92. The molecule has 0 atom stereocenters. The molecule has 0 aliphatic heterocycles. The van der Waals surface area contributed by atoms with Crippen LogP contribution in [0.1, 0.15) is 0 Å². The summed E-state index contributed by atoms with van der Waals surface area (Å²) in [7, 11) is 0. The molecule has 0 saturated heterocycles. The summed E-state index contributed by atoms with van der Waals surface area (Å²) in [5, 5.41) is 3.83. The molecule has 1 N–H and O–H groups in total. The third-order valence-corrected chi connectivity index (χ3v) is 3.71. The van der Waals surface area contributed by atoms with Gasteiger partial charge in [0.25, 0.3) is 0 Å². The highest BCUT2D eigenvalue weighted by Gasteiger charge is 2.06. The quantitative estimate of drug-likeness (QED) is 0.851. The Hall–Kier alpha value is -1.30. The number of anilines is 1. The number of rotatable bonds is 4. The number of thioether (sulfide) groups is 1. The molecule has 7 heteroatoms. The molecule has 0 bridgehead atoms. The lowest BCUT2D eigenvalue weighted by Crippen LogP contribution is -2.14. The molecule has 0 saturated carbocycles. The van der Waals surface area contributed by atoms with Crippen molar-refractivity contribution in [1.82, 2.24) is 4.98 Å². The lowest BCUT2D eigenvalue weighted by atomic mass is 10.3. The molecular weight excluding hydrogens is 322 g/mol. The fraction of sp³-hybridized carbons (Fsp3) is 0.0769. The fourth-order valence-corrected chi connectivity index (χ4v) is 2.29. The largest absolute Gasteiger partial charge is 0.325 e. The van der Waals surface area contributed by atoms with Crippen LogP contribution in [0.2, 0.25) is 10.0 Å². The average Bonchev–Trinajstić information content (AvgIpc) is 2.42. The van der Waals surface area contributed by atoms with Crippen LogP contribution in [0.25, 0.3) is 0 Å². The first-order valence-electron chi connectivity index (χ1n) is 5.54. The minimum absolute atomic E-state index is 0.0326. The number of aromatic nitrogens is 1. The van der Waals surface area contributed by atoms with E-state index in [0.29, 0.717) is 15.7 Å². The number of benzene rings is 1. The summed E-state index contributed by atoms with van der Waals surface area (Å²) in [5.41, 5.74) is 0.450. The number of nitrogens with zero attached hydrogens (tertiary/aromatic N) is 1. The highest BCUT2D eigenvalue weighted by molar-refractivity contribution is 7.99. The normalized spacial score (nSPS) is 10.3. The SMILES string of the molecule is O=C(CSc1ccc(Cl)cn1)Nc1ccc(F)c(Cl)c1. The molecule has 3 nitrogen and oxygen atoms in total. The van der Waals surface area contributed by atoms with Gasteiger partial charge < -0.3 is 5.32 Å². The van der Waals surface area contributed by atoms with Crippen molar-refractivity contribution < 1.29 is 9.18 Å². The number of amides is 1. The first-order chi connectivity index (χ1) is 9.54. The second-order valence-electron chi connectivity index (χ2n) is 3.78. The van der Waals surface area contributed by atoms with Crippen LogP contribution < -0.4 is 5.32 Å². The van der Waals surface area contributed by atoms with Crippen molar-refractivity contribution in [2.24, 2.45) is 0 Å². The van der Waals surface area contributed by atoms with Gasteiger partial charge in [-0.15, -0.1) is 0 Å². The molecule has 0 aliphatic carbocycles. The lowest BCUT2D eigenvalue weighted by Gasteiger charge is -2.05. The molecule has 1 aromatic carbocycles. The van der Waals surface area contributed by atoms with Gasteiger partial charge in [-0.05, 0) is 30.3 Å². The van der Waals surface area contributed by atoms with E-state index in [0.717, 1.165) is 0 Å². The van der Waals surface area contributed by atoms with Crippen LogP contribution in [0.15, 0.2) is 41.6 Å². The van der Waals surface area contributed by atoms with Crippen molar-refractivity contribution in [2.45, 2.75) is 5.03 Å². The van der Waals surface area contributed by atoms with Crippen LogP contribution in [-0.4, -0.2) is 16.6 Å². The summed E-state index contributed by atoms with van der Waals surface area (Å²) in [5.74, 6) is -0.567. The molecule has 0 spiro atoms. The molecule has 0 fully saturated rings. The lowest BCUT2D eigenvalue weighted by molar-refractivity contribution is -0.113. The Balaban J connectivity index is 1.89. The van der Waals surface area contributed by atoms with Crippen LogP contribution in [0.4, 0.5) is 10.1 Å². The maximum Gasteiger partial charge on any atom is 0.234 e. The van der Waals surface area contributed by atoms with E-state index in [1.54, 1.807) is 12.1 Å². The monoisotopic (exact) mass is 330 g/mol. The number of halogens is 3. The Bertz CT molecular complexity index is 622. The summed E-state index contributed by atoms with van der Waals surface area (Å²) in [6.45, 7) is 0. The molecule has 0 unspecified atom stereocenters. The van der Waals surface area contributed by atoms with Crippen LogP contribution >= 0.6 is 35.0 Å². The van der Waals surface area contributed by atoms with E-state index < -0.39 is 5.82 Å². The summed E-state index contributed by atoms with van der Waals surface area (Å²) in [6.07, 6.45) is 1.52. The molecule has 20 heavy (non-hydrogen) atoms. The van der Waals surface area contributed by atoms with Gasteiger partial charge in [0.2, 0.25) is 5.91 Å². The van der Waals surface area contributed by atoms with Crippen LogP contribution in [0, 0.1) is 5.82 Å². The zero-order chi connectivity index (χ0) is 14.5. The van der Waals surface area contributed by atoms with Crippen molar-refractivity contribution in [3.8, 4) is 0 Å². The molecule has 1 aromatic heterocycles. The molecule has 0 aliphatic rings. The van der Waals surface area contributed by atoms with Gasteiger partial charge in [0.05, 0.1) is 20.8 Å². The van der Waals surface area contributed by atoms with Gasteiger partial charge in [-0.3, -0.25) is 4.79 Å². The molecule has 2 aromatic rings. The van der Waals surface area contributed by atoms with E-state index in [1.807, 2.05) is 0 Å². The number of hydrogen-bond acceptors (Lipinski definition) is 3. The Morgan fingerprint density at radius 2 is 2.10 bits per heavy atom. The third-order valence-electron chi connectivity index (χ3n) is 2.25. The van der Waals surface area contributed by atoms with Gasteiger partial charge in [0, 0.05) is 11.9 Å². The van der Waals surface area contributed by atoms with E-state index in [9.17, 15) is 9.18 Å². The minimum atomic E-state index is -0.524. The number of nitrogens with one attached hydrogen (secondary N) is 1. The van der Waals surface area contributed by atoms with Crippen LogP contribution in [0.3, 0.4) is 0 Å². The van der Waals surface area contributed by atoms with Gasteiger partial charge in [-0.25, -0.2) is 9.37 Å². The molecule has 2 rings (SSSR count). The first-order valence-corrected chi connectivity index (χ1v) is 7.28. The fourth-order valence-electron chi connectivity index (χ4n) is 1.36. The van der Waals surface area contributed by atoms with E-state index in [2.05, 4.69) is 10.3 Å². The van der Waals surface area contributed by atoms with E-state index in [-0.39, 0.29) is 16.7 Å². The molecular formula is C13H9Cl2FN2OS. The van der Waals surface area contributed by atoms with Gasteiger partial charge in [0.15, 0.2) is 0 Å². The van der Waals surface area contributed by atoms with Crippen molar-refractivity contribution in [2.75, 3.05) is 11.1 Å². The van der Waals surface area contributed by atoms with Crippen LogP contribution in [0.5, 0.6) is 0 Å². The first kappa shape index (κ1) is 15.1. The van der Waals surface area contributed by atoms with E-state index >= 15 is 0 Å². The van der Waals surface area contributed by atoms with Crippen LogP contribution in [-0.2, 0) is 4.79 Å². The second-order valence-corrected chi connectivity index (χ2v) is 5.62. The predicted octanol–water partition coefficient (Wildman–Crippen LogP) is 4.26. The molecule has 1 amide bonds. The van der Waals surface area contributed by atoms with Crippen molar-refractivity contribution in [3.63, 3.8) is 0 Å². The topological polar surface area (TPSA) is 42.0 Å². The summed E-state index contributed by atoms with van der Waals surface area (Å²) < 4.78 is 13.0. The highest BCUT2D eigenvalue weighted by atomic mass is 35.5. The molecule has 104 valence electrons. The zero-order valence-electron chi connectivity index (χ0n) is 10.1. The third kappa shape index (κ3) is 4.37. The van der Waals surface area contributed by atoms with E-state index in [4.69, 9.17) is 23.2 Å². The highest BCUT2D eigenvalue weighted by Crippen LogP contribution is 2.21. The Morgan fingerprint density at radius 1 is 1.30 bits per heavy atom. The predicted molar refractivity (Wildman–Crippen MR) is 80.0 cm³/mol. The Morgan fingerprint density at radius 3 is 2.75 bits per heavy atom. The van der Waals surface area contributed by atoms with Crippen molar-refractivity contribution >= 4 is 46.6 Å². The average molecular weight is 331 g/mol. The van der Waals surface area contributed by atoms with Crippen molar-refractivity contribution in [3.05, 3.63) is 52.4 Å². The number of hydrogen-bond donors (Lipinski definition) is 1. The van der Waals surface area contributed by atoms with Gasteiger partial charge in [-0.1, -0.05) is 35.0 Å². The van der Waals surface area contributed by atoms with Gasteiger partial charge >= 0.3 is 0 Å². The minimum Gasteiger partial charge on any atom is -0.325 e. The smallest absolute Gasteiger partial charge is 0.234 e. The summed E-state index contributed by atoms with van der Waals surface area (Å²) in [6, 6.07) is 7.44. The number of pyridine rings is 1. The number of carbonyl (C=O) groups excluding carboxylic acids is 1. The maximum absolute atomic E-state index is 13.0. The molecule has 0 radical (unpaired) electrons. The zero-order valence-corrected chi connectivity index (χ0v) is 12.4. The van der Waals surface area contributed by atoms with Gasteiger partial charge in [-0.2, -0.15) is 0 Å². The summed E-state index contributed by atoms with van der Waals surface area (Å²) >= 11 is 12.6. The number of carbonyl (C=O) groups is 1. The Kier molecular flexibility index (Phi) is 5.23. The van der Waals surface area contributed by atoms with E-state index in [1.165, 1.54) is 36.2 Å². The summed E-state index contributed by atoms with van der Waals surface area (Å²) in [4.78, 5) is 15.8. The Labute approximate surface area is 129 Å².